The Kier molecular flexibility index (Phi) is 5.18. The van der Waals surface area contributed by atoms with Crippen molar-refractivity contribution in [2.75, 3.05) is 7.11 Å². The largest absolute Gasteiger partial charge is 0.507 e. The number of aliphatic hydroxyl groups is 1. The van der Waals surface area contributed by atoms with Gasteiger partial charge in [0.2, 0.25) is 0 Å². The Bertz CT molecular complexity index is 959. The van der Waals surface area contributed by atoms with Crippen molar-refractivity contribution in [1.82, 2.24) is 0 Å². The summed E-state index contributed by atoms with van der Waals surface area (Å²) in [7, 11) is 1.69. The van der Waals surface area contributed by atoms with Gasteiger partial charge in [-0.1, -0.05) is 35.9 Å². The van der Waals surface area contributed by atoms with Gasteiger partial charge in [0.25, 0.3) is 0 Å². The maximum atomic E-state index is 12.8. The maximum Gasteiger partial charge on any atom is 0.343 e. The number of rotatable bonds is 3. The summed E-state index contributed by atoms with van der Waals surface area (Å²) >= 11 is 6.00. The van der Waals surface area contributed by atoms with Crippen molar-refractivity contribution in [2.24, 2.45) is 0 Å². The Morgan fingerprint density at radius 3 is 2.21 bits per heavy atom. The second kappa shape index (κ2) is 7.51. The molecule has 5 heteroatoms. The van der Waals surface area contributed by atoms with Gasteiger partial charge in [-0.3, -0.25) is 0 Å². The highest BCUT2D eigenvalue weighted by Crippen LogP contribution is 2.47. The molecule has 1 fully saturated rings. The zero-order valence-corrected chi connectivity index (χ0v) is 17.7. The average Bonchev–Trinajstić information content (AvgIpc) is 2.93. The van der Waals surface area contributed by atoms with Crippen molar-refractivity contribution in [3.05, 3.63) is 63.9 Å². The zero-order valence-electron chi connectivity index (χ0n) is 16.9. The Balaban J connectivity index is 1.74. The van der Waals surface area contributed by atoms with E-state index in [0.29, 0.717) is 23.4 Å². The fourth-order valence-electron chi connectivity index (χ4n) is 4.62. The number of ether oxygens (including phenoxy) is 2. The number of aryl methyl sites for hydroxylation is 2. The second-order valence-electron chi connectivity index (χ2n) is 8.03. The predicted molar refractivity (Wildman–Crippen MR) is 114 cm³/mol. The molecule has 0 radical (unpaired) electrons. The molecule has 2 aliphatic rings. The van der Waals surface area contributed by atoms with Crippen molar-refractivity contribution in [3.8, 4) is 11.1 Å². The van der Waals surface area contributed by atoms with Gasteiger partial charge in [-0.25, -0.2) is 4.79 Å². The molecule has 2 aromatic carbocycles. The van der Waals surface area contributed by atoms with E-state index in [1.807, 2.05) is 50.2 Å². The van der Waals surface area contributed by atoms with E-state index in [1.165, 1.54) is 0 Å². The van der Waals surface area contributed by atoms with Crippen LogP contribution < -0.4 is 0 Å². The van der Waals surface area contributed by atoms with E-state index in [4.69, 9.17) is 21.1 Å². The summed E-state index contributed by atoms with van der Waals surface area (Å²) in [6.45, 7) is 3.92. The van der Waals surface area contributed by atoms with Crippen molar-refractivity contribution in [1.29, 1.82) is 0 Å². The minimum Gasteiger partial charge on any atom is -0.507 e. The molecule has 1 aliphatic carbocycles. The van der Waals surface area contributed by atoms with Crippen LogP contribution >= 0.6 is 11.6 Å². The summed E-state index contributed by atoms with van der Waals surface area (Å²) in [6.07, 6.45) is 2.82. The van der Waals surface area contributed by atoms with E-state index in [2.05, 4.69) is 0 Å². The maximum absolute atomic E-state index is 12.8. The number of halogens is 1. The molecule has 1 heterocycles. The van der Waals surface area contributed by atoms with Crippen LogP contribution in [0.2, 0.25) is 5.02 Å². The summed E-state index contributed by atoms with van der Waals surface area (Å²) in [5.41, 5.74) is 4.10. The van der Waals surface area contributed by atoms with Crippen LogP contribution in [0.3, 0.4) is 0 Å². The summed E-state index contributed by atoms with van der Waals surface area (Å²) in [5.74, 6) is -0.369. The molecule has 0 bridgehead atoms. The van der Waals surface area contributed by atoms with Crippen molar-refractivity contribution in [3.63, 3.8) is 0 Å². The van der Waals surface area contributed by atoms with Crippen LogP contribution in [0.25, 0.3) is 16.7 Å². The SMILES string of the molecule is COC1CCC2(CC1)OC(=O)C(c1c(C)cc(-c3ccc(Cl)cc3)cc1C)=C2O. The number of methoxy groups -OCH3 is 1. The van der Waals surface area contributed by atoms with E-state index in [-0.39, 0.29) is 11.9 Å². The third-order valence-corrected chi connectivity index (χ3v) is 6.45. The van der Waals surface area contributed by atoms with Gasteiger partial charge in [-0.15, -0.1) is 0 Å². The number of hydrogen-bond acceptors (Lipinski definition) is 4. The number of hydrogen-bond donors (Lipinski definition) is 1. The molecule has 2 aromatic rings. The van der Waals surface area contributed by atoms with Crippen LogP contribution in [0.4, 0.5) is 0 Å². The first kappa shape index (κ1) is 20.0. The van der Waals surface area contributed by atoms with Crippen molar-refractivity contribution >= 4 is 23.1 Å². The number of aliphatic hydroxyl groups excluding tert-OH is 1. The van der Waals surface area contributed by atoms with Crippen LogP contribution in [0.15, 0.2) is 42.2 Å². The molecule has 0 unspecified atom stereocenters. The molecule has 0 amide bonds. The molecule has 4 nitrogen and oxygen atoms in total. The lowest BCUT2D eigenvalue weighted by Crippen LogP contribution is -2.38. The molecule has 0 saturated heterocycles. The molecule has 0 atom stereocenters. The number of carbonyl (C=O) groups excluding carboxylic acids is 1. The molecule has 1 spiro atoms. The first-order chi connectivity index (χ1) is 13.8. The number of carbonyl (C=O) groups is 1. The topological polar surface area (TPSA) is 55.8 Å². The summed E-state index contributed by atoms with van der Waals surface area (Å²) in [6, 6.07) is 11.7. The van der Waals surface area contributed by atoms with Crippen LogP contribution in [0.1, 0.15) is 42.4 Å². The van der Waals surface area contributed by atoms with Crippen LogP contribution in [-0.2, 0) is 14.3 Å². The molecule has 29 heavy (non-hydrogen) atoms. The summed E-state index contributed by atoms with van der Waals surface area (Å²) in [4.78, 5) is 12.8. The third-order valence-electron chi connectivity index (χ3n) is 6.19. The summed E-state index contributed by atoms with van der Waals surface area (Å²) < 4.78 is 11.2. The van der Waals surface area contributed by atoms with E-state index in [9.17, 15) is 9.90 Å². The van der Waals surface area contributed by atoms with E-state index in [0.717, 1.165) is 40.7 Å². The fourth-order valence-corrected chi connectivity index (χ4v) is 4.75. The molecule has 4 rings (SSSR count). The molecule has 0 aromatic heterocycles. The standard InChI is InChI=1S/C24H25ClO4/c1-14-12-17(16-4-6-18(25)7-5-16)13-15(2)20(14)21-22(26)24(29-23(21)27)10-8-19(28-3)9-11-24/h4-7,12-13,19,26H,8-11H2,1-3H3. The Hall–Kier alpha value is -2.30. The van der Waals surface area contributed by atoms with E-state index < -0.39 is 11.6 Å². The molecule has 1 aliphatic heterocycles. The van der Waals surface area contributed by atoms with Gasteiger partial charge in [-0.05, 0) is 79.5 Å². The zero-order chi connectivity index (χ0) is 20.8. The number of benzene rings is 2. The molecule has 152 valence electrons. The lowest BCUT2D eigenvalue weighted by Gasteiger charge is -2.35. The van der Waals surface area contributed by atoms with Gasteiger partial charge in [0.1, 0.15) is 5.57 Å². The Morgan fingerprint density at radius 2 is 1.66 bits per heavy atom. The molecule has 1 saturated carbocycles. The van der Waals surface area contributed by atoms with E-state index >= 15 is 0 Å². The minimum atomic E-state index is -0.908. The fraction of sp³-hybridized carbons (Fsp3) is 0.375. The Labute approximate surface area is 176 Å². The van der Waals surface area contributed by atoms with Crippen molar-refractivity contribution in [2.45, 2.75) is 51.2 Å². The van der Waals surface area contributed by atoms with Gasteiger partial charge in [-0.2, -0.15) is 0 Å². The first-order valence-corrected chi connectivity index (χ1v) is 10.3. The third kappa shape index (κ3) is 3.45. The predicted octanol–water partition coefficient (Wildman–Crippen LogP) is 5.78. The van der Waals surface area contributed by atoms with Gasteiger partial charge < -0.3 is 14.6 Å². The Morgan fingerprint density at radius 1 is 1.07 bits per heavy atom. The molecular weight excluding hydrogens is 388 g/mol. The van der Waals surface area contributed by atoms with Gasteiger partial charge in [0.05, 0.1) is 6.10 Å². The highest BCUT2D eigenvalue weighted by Gasteiger charge is 2.50. The van der Waals surface area contributed by atoms with Crippen LogP contribution in [-0.4, -0.2) is 29.9 Å². The monoisotopic (exact) mass is 412 g/mol. The smallest absolute Gasteiger partial charge is 0.343 e. The lowest BCUT2D eigenvalue weighted by molar-refractivity contribution is -0.151. The first-order valence-electron chi connectivity index (χ1n) is 9.92. The van der Waals surface area contributed by atoms with Gasteiger partial charge in [0, 0.05) is 12.1 Å². The van der Waals surface area contributed by atoms with Gasteiger partial charge >= 0.3 is 5.97 Å². The quantitative estimate of drug-likeness (QED) is 0.649. The molecular formula is C24H25ClO4. The highest BCUT2D eigenvalue weighted by atomic mass is 35.5. The van der Waals surface area contributed by atoms with Crippen molar-refractivity contribution < 1.29 is 19.4 Å². The lowest BCUT2D eigenvalue weighted by atomic mass is 9.80. The number of esters is 1. The normalized spacial score (nSPS) is 24.3. The van der Waals surface area contributed by atoms with Crippen LogP contribution in [0.5, 0.6) is 0 Å². The second-order valence-corrected chi connectivity index (χ2v) is 8.47. The average molecular weight is 413 g/mol. The minimum absolute atomic E-state index is 0.0718. The summed E-state index contributed by atoms with van der Waals surface area (Å²) in [5, 5.41) is 11.8. The molecule has 1 N–H and O–H groups in total. The van der Waals surface area contributed by atoms with E-state index in [1.54, 1.807) is 7.11 Å². The highest BCUT2D eigenvalue weighted by molar-refractivity contribution is 6.30. The van der Waals surface area contributed by atoms with Crippen LogP contribution in [0, 0.1) is 13.8 Å². The van der Waals surface area contributed by atoms with Gasteiger partial charge in [0.15, 0.2) is 11.4 Å².